The molecule has 0 spiro atoms. The highest BCUT2D eigenvalue weighted by molar-refractivity contribution is 5.82. The summed E-state index contributed by atoms with van der Waals surface area (Å²) in [5.41, 5.74) is 3.17. The Labute approximate surface area is 124 Å². The van der Waals surface area contributed by atoms with Gasteiger partial charge in [0.25, 0.3) is 0 Å². The number of aryl methyl sites for hydroxylation is 1. The molecule has 0 amide bonds. The van der Waals surface area contributed by atoms with Gasteiger partial charge < -0.3 is 9.73 Å². The van der Waals surface area contributed by atoms with E-state index in [1.807, 2.05) is 24.3 Å². The molecule has 1 unspecified atom stereocenters. The van der Waals surface area contributed by atoms with Gasteiger partial charge in [0.05, 0.1) is 11.7 Å². The number of para-hydroxylation sites is 1. The van der Waals surface area contributed by atoms with Crippen LogP contribution >= 0.6 is 0 Å². The van der Waals surface area contributed by atoms with Crippen LogP contribution in [-0.2, 0) is 13.0 Å². The lowest BCUT2D eigenvalue weighted by Crippen LogP contribution is -2.19. The quantitative estimate of drug-likeness (QED) is 0.775. The van der Waals surface area contributed by atoms with Gasteiger partial charge in [0.2, 0.25) is 0 Å². The first-order chi connectivity index (χ1) is 10.3. The first kappa shape index (κ1) is 13.8. The molecule has 108 valence electrons. The summed E-state index contributed by atoms with van der Waals surface area (Å²) in [5.74, 6) is 1.02. The largest absolute Gasteiger partial charge is 0.459 e. The van der Waals surface area contributed by atoms with Crippen LogP contribution < -0.4 is 5.32 Å². The van der Waals surface area contributed by atoms with E-state index in [2.05, 4.69) is 41.5 Å². The van der Waals surface area contributed by atoms with E-state index < -0.39 is 0 Å². The van der Waals surface area contributed by atoms with Crippen LogP contribution in [0.2, 0.25) is 0 Å². The second-order valence-corrected chi connectivity index (χ2v) is 5.11. The fraction of sp³-hybridized carbons (Fsp3) is 0.294. The normalized spacial score (nSPS) is 12.7. The predicted octanol–water partition coefficient (Wildman–Crippen LogP) is 3.64. The summed E-state index contributed by atoms with van der Waals surface area (Å²) in [7, 11) is 0. The molecule has 3 rings (SSSR count). The van der Waals surface area contributed by atoms with Gasteiger partial charge in [-0.05, 0) is 31.5 Å². The third-order valence-electron chi connectivity index (χ3n) is 3.69. The molecule has 3 aromatic rings. The van der Waals surface area contributed by atoms with Crippen LogP contribution in [-0.4, -0.2) is 10.2 Å². The number of nitrogens with zero attached hydrogens (tertiary/aromatic N) is 2. The van der Waals surface area contributed by atoms with E-state index in [-0.39, 0.29) is 6.04 Å². The molecule has 2 heterocycles. The van der Waals surface area contributed by atoms with Gasteiger partial charge in [-0.15, -0.1) is 0 Å². The predicted molar refractivity (Wildman–Crippen MR) is 82.9 cm³/mol. The number of benzene rings is 1. The van der Waals surface area contributed by atoms with Crippen LogP contribution in [0, 0.1) is 0 Å². The molecule has 0 aliphatic carbocycles. The average Bonchev–Trinajstić information content (AvgIpc) is 2.92. The van der Waals surface area contributed by atoms with E-state index >= 15 is 0 Å². The molecule has 0 fully saturated rings. The number of aromatic nitrogens is 2. The summed E-state index contributed by atoms with van der Waals surface area (Å²) in [4.78, 5) is 0. The maximum absolute atomic E-state index is 6.04. The van der Waals surface area contributed by atoms with Crippen LogP contribution in [0.25, 0.3) is 11.0 Å². The summed E-state index contributed by atoms with van der Waals surface area (Å²) in [5, 5.41) is 12.6. The minimum Gasteiger partial charge on any atom is -0.459 e. The van der Waals surface area contributed by atoms with Crippen molar-refractivity contribution in [1.29, 1.82) is 0 Å². The van der Waals surface area contributed by atoms with Crippen LogP contribution in [0.15, 0.2) is 47.0 Å². The van der Waals surface area contributed by atoms with Crippen molar-refractivity contribution >= 4 is 11.0 Å². The molecule has 1 atom stereocenters. The van der Waals surface area contributed by atoms with Gasteiger partial charge in [0, 0.05) is 23.7 Å². The molecular formula is C17H19N3O. The van der Waals surface area contributed by atoms with Crippen LogP contribution in [0.4, 0.5) is 0 Å². The fourth-order valence-corrected chi connectivity index (χ4v) is 2.61. The Morgan fingerprint density at radius 3 is 2.81 bits per heavy atom. The van der Waals surface area contributed by atoms with Crippen molar-refractivity contribution in [3.05, 3.63) is 59.6 Å². The van der Waals surface area contributed by atoms with Crippen molar-refractivity contribution in [3.63, 3.8) is 0 Å². The molecule has 0 aliphatic rings. The Bertz CT molecular complexity index is 721. The lowest BCUT2D eigenvalue weighted by atomic mass is 10.1. The van der Waals surface area contributed by atoms with Gasteiger partial charge in [-0.1, -0.05) is 25.1 Å². The van der Waals surface area contributed by atoms with E-state index in [9.17, 15) is 0 Å². The summed E-state index contributed by atoms with van der Waals surface area (Å²) in [6.45, 7) is 4.96. The number of rotatable bonds is 5. The molecule has 0 aliphatic heterocycles. The highest BCUT2D eigenvalue weighted by atomic mass is 16.3. The minimum atomic E-state index is 0.134. The van der Waals surface area contributed by atoms with E-state index in [0.29, 0.717) is 6.54 Å². The highest BCUT2D eigenvalue weighted by Gasteiger charge is 2.17. The molecule has 1 N–H and O–H groups in total. The zero-order valence-corrected chi connectivity index (χ0v) is 12.3. The molecule has 4 heteroatoms. The summed E-state index contributed by atoms with van der Waals surface area (Å²) in [6, 6.07) is 12.2. The second kappa shape index (κ2) is 6.06. The topological polar surface area (TPSA) is 51.0 Å². The molecule has 0 saturated carbocycles. The first-order valence-corrected chi connectivity index (χ1v) is 7.30. The van der Waals surface area contributed by atoms with Crippen molar-refractivity contribution < 1.29 is 4.42 Å². The number of fused-ring (bicyclic) bond motifs is 1. The van der Waals surface area contributed by atoms with E-state index in [4.69, 9.17) is 4.42 Å². The Hall–Kier alpha value is -2.20. The van der Waals surface area contributed by atoms with Crippen LogP contribution in [0.3, 0.4) is 0 Å². The molecular weight excluding hydrogens is 262 g/mol. The molecule has 0 bridgehead atoms. The Balaban J connectivity index is 1.82. The van der Waals surface area contributed by atoms with E-state index in [1.165, 1.54) is 10.9 Å². The van der Waals surface area contributed by atoms with Gasteiger partial charge in [0.15, 0.2) is 0 Å². The summed E-state index contributed by atoms with van der Waals surface area (Å²) in [6.07, 6.45) is 2.64. The Kier molecular flexibility index (Phi) is 3.97. The van der Waals surface area contributed by atoms with Crippen molar-refractivity contribution in [1.82, 2.24) is 15.5 Å². The first-order valence-electron chi connectivity index (χ1n) is 7.30. The van der Waals surface area contributed by atoms with E-state index in [1.54, 1.807) is 6.20 Å². The third-order valence-corrected chi connectivity index (χ3v) is 3.69. The van der Waals surface area contributed by atoms with Crippen molar-refractivity contribution in [2.24, 2.45) is 0 Å². The maximum Gasteiger partial charge on any atom is 0.134 e. The monoisotopic (exact) mass is 281 g/mol. The van der Waals surface area contributed by atoms with Crippen LogP contribution in [0.1, 0.15) is 36.9 Å². The van der Waals surface area contributed by atoms with Crippen molar-refractivity contribution in [2.45, 2.75) is 32.9 Å². The SMILES string of the molecule is CCc1c(C(C)NCc2cccnn2)oc2ccccc12. The van der Waals surface area contributed by atoms with Gasteiger partial charge in [-0.3, -0.25) is 0 Å². The fourth-order valence-electron chi connectivity index (χ4n) is 2.61. The number of hydrogen-bond acceptors (Lipinski definition) is 4. The lowest BCUT2D eigenvalue weighted by molar-refractivity contribution is 0.443. The van der Waals surface area contributed by atoms with Gasteiger partial charge >= 0.3 is 0 Å². The zero-order chi connectivity index (χ0) is 14.7. The second-order valence-electron chi connectivity index (χ2n) is 5.11. The minimum absolute atomic E-state index is 0.134. The zero-order valence-electron chi connectivity index (χ0n) is 12.3. The molecule has 0 radical (unpaired) electrons. The van der Waals surface area contributed by atoms with Crippen molar-refractivity contribution in [2.75, 3.05) is 0 Å². The third kappa shape index (κ3) is 2.81. The van der Waals surface area contributed by atoms with Gasteiger partial charge in [-0.2, -0.15) is 10.2 Å². The summed E-state index contributed by atoms with van der Waals surface area (Å²) >= 11 is 0. The number of nitrogens with one attached hydrogen (secondary N) is 1. The maximum atomic E-state index is 6.04. The number of furan rings is 1. The van der Waals surface area contributed by atoms with Crippen molar-refractivity contribution in [3.8, 4) is 0 Å². The standard InChI is InChI=1S/C17H19N3O/c1-3-14-15-8-4-5-9-16(15)21-17(14)12(2)18-11-13-7-6-10-19-20-13/h4-10,12,18H,3,11H2,1-2H3. The molecule has 21 heavy (non-hydrogen) atoms. The molecule has 0 saturated heterocycles. The molecule has 1 aromatic carbocycles. The Morgan fingerprint density at radius 1 is 1.19 bits per heavy atom. The summed E-state index contributed by atoms with van der Waals surface area (Å²) < 4.78 is 6.04. The van der Waals surface area contributed by atoms with Gasteiger partial charge in [0.1, 0.15) is 11.3 Å². The average molecular weight is 281 g/mol. The highest BCUT2D eigenvalue weighted by Crippen LogP contribution is 2.30. The molecule has 4 nitrogen and oxygen atoms in total. The molecule has 2 aromatic heterocycles. The Morgan fingerprint density at radius 2 is 2.05 bits per heavy atom. The van der Waals surface area contributed by atoms with E-state index in [0.717, 1.165) is 23.5 Å². The number of hydrogen-bond donors (Lipinski definition) is 1. The van der Waals surface area contributed by atoms with Gasteiger partial charge in [-0.25, -0.2) is 0 Å². The lowest BCUT2D eigenvalue weighted by Gasteiger charge is -2.12. The smallest absolute Gasteiger partial charge is 0.134 e. The van der Waals surface area contributed by atoms with Crippen LogP contribution in [0.5, 0.6) is 0 Å².